The number of nitrogens with one attached hydrogen (secondary N) is 2. The molecule has 1 aliphatic carbocycles. The Morgan fingerprint density at radius 1 is 1.27 bits per heavy atom. The van der Waals surface area contributed by atoms with Crippen molar-refractivity contribution in [3.8, 4) is 5.75 Å². The normalized spacial score (nSPS) is 18.1. The van der Waals surface area contributed by atoms with Crippen LogP contribution < -0.4 is 14.8 Å². The minimum atomic E-state index is -3.61. The summed E-state index contributed by atoms with van der Waals surface area (Å²) in [6, 6.07) is 3.52. The number of hydrogen-bond acceptors (Lipinski definition) is 5. The van der Waals surface area contributed by atoms with Crippen molar-refractivity contribution in [2.75, 3.05) is 25.4 Å². The third-order valence-electron chi connectivity index (χ3n) is 5.65. The fraction of sp³-hybridized carbons (Fsp3) is 0.565. The highest BCUT2D eigenvalue weighted by molar-refractivity contribution is 7.89. The minimum Gasteiger partial charge on any atom is -0.490 e. The lowest BCUT2D eigenvalue weighted by molar-refractivity contribution is -0.121. The van der Waals surface area contributed by atoms with Crippen LogP contribution in [0.3, 0.4) is 0 Å². The average molecular weight is 482 g/mol. The van der Waals surface area contributed by atoms with Gasteiger partial charge in [-0.2, -0.15) is 0 Å². The second-order valence-corrected chi connectivity index (χ2v) is 10.8. The van der Waals surface area contributed by atoms with Crippen LogP contribution in [0.5, 0.6) is 5.75 Å². The molecule has 1 atom stereocenters. The Morgan fingerprint density at radius 2 is 2.03 bits per heavy atom. The van der Waals surface area contributed by atoms with Crippen LogP contribution in [0.25, 0.3) is 0 Å². The number of carbonyl (C=O) groups is 2. The van der Waals surface area contributed by atoms with E-state index in [2.05, 4.69) is 10.0 Å². The Labute approximate surface area is 194 Å². The Balaban J connectivity index is 1.54. The maximum atomic E-state index is 14.1. The summed E-state index contributed by atoms with van der Waals surface area (Å²) in [6.45, 7) is 4.92. The average Bonchev–Trinajstić information content (AvgIpc) is 3.57. The number of nitrogens with zero attached hydrogens (tertiary/aromatic N) is 1. The summed E-state index contributed by atoms with van der Waals surface area (Å²) in [4.78, 5) is 24.3. The van der Waals surface area contributed by atoms with Crippen molar-refractivity contribution < 1.29 is 27.1 Å². The van der Waals surface area contributed by atoms with Gasteiger partial charge in [0.05, 0.1) is 12.4 Å². The van der Waals surface area contributed by atoms with Crippen molar-refractivity contribution in [3.63, 3.8) is 0 Å². The topological polar surface area (TPSA) is 105 Å². The van der Waals surface area contributed by atoms with Gasteiger partial charge in [-0.3, -0.25) is 10.1 Å². The second kappa shape index (κ2) is 11.1. The SMILES string of the molecule is CC(C)[C@@H](NS(=O)(=O)CC/C=C/CN1CCC(=O)NC1=O)c1ccc(F)c(OCC2CC2)c1. The first-order chi connectivity index (χ1) is 15.6. The predicted octanol–water partition coefficient (Wildman–Crippen LogP) is 3.12. The maximum absolute atomic E-state index is 14.1. The first-order valence-corrected chi connectivity index (χ1v) is 13.0. The molecule has 182 valence electrons. The van der Waals surface area contributed by atoms with E-state index < -0.39 is 27.9 Å². The molecule has 1 aliphatic heterocycles. The third-order valence-corrected chi connectivity index (χ3v) is 7.03. The van der Waals surface area contributed by atoms with Crippen molar-refractivity contribution in [2.45, 2.75) is 45.6 Å². The predicted molar refractivity (Wildman–Crippen MR) is 123 cm³/mol. The zero-order valence-corrected chi connectivity index (χ0v) is 19.9. The Kier molecular flexibility index (Phi) is 8.47. The van der Waals surface area contributed by atoms with Gasteiger partial charge >= 0.3 is 6.03 Å². The highest BCUT2D eigenvalue weighted by Crippen LogP contribution is 2.32. The van der Waals surface area contributed by atoms with Crippen LogP contribution >= 0.6 is 0 Å². The largest absolute Gasteiger partial charge is 0.490 e. The molecule has 1 saturated carbocycles. The zero-order valence-electron chi connectivity index (χ0n) is 19.1. The number of allylic oxidation sites excluding steroid dienone is 1. The van der Waals surface area contributed by atoms with Gasteiger partial charge in [0.15, 0.2) is 11.6 Å². The lowest BCUT2D eigenvalue weighted by Gasteiger charge is -2.25. The molecular weight excluding hydrogens is 449 g/mol. The molecule has 2 fully saturated rings. The number of urea groups is 1. The molecule has 1 saturated heterocycles. The van der Waals surface area contributed by atoms with Gasteiger partial charge < -0.3 is 9.64 Å². The van der Waals surface area contributed by atoms with Gasteiger partial charge in [-0.25, -0.2) is 22.3 Å². The van der Waals surface area contributed by atoms with E-state index in [9.17, 15) is 22.4 Å². The molecule has 0 aromatic heterocycles. The van der Waals surface area contributed by atoms with Crippen molar-refractivity contribution in [1.82, 2.24) is 14.9 Å². The molecule has 0 spiro atoms. The second-order valence-electron chi connectivity index (χ2n) is 8.91. The maximum Gasteiger partial charge on any atom is 0.324 e. The Hall–Kier alpha value is -2.46. The first kappa shape index (κ1) is 25.2. The van der Waals surface area contributed by atoms with E-state index in [1.54, 1.807) is 24.3 Å². The summed E-state index contributed by atoms with van der Waals surface area (Å²) in [5.41, 5.74) is 0.655. The van der Waals surface area contributed by atoms with E-state index in [1.807, 2.05) is 13.8 Å². The van der Waals surface area contributed by atoms with Gasteiger partial charge in [-0.15, -0.1) is 0 Å². The van der Waals surface area contributed by atoms with Crippen molar-refractivity contribution in [2.24, 2.45) is 11.8 Å². The van der Waals surface area contributed by atoms with E-state index >= 15 is 0 Å². The fourth-order valence-electron chi connectivity index (χ4n) is 3.47. The van der Waals surface area contributed by atoms with Gasteiger partial charge in [-0.05, 0) is 48.8 Å². The molecule has 0 bridgehead atoms. The van der Waals surface area contributed by atoms with Crippen LogP contribution in [-0.2, 0) is 14.8 Å². The molecule has 8 nitrogen and oxygen atoms in total. The summed E-state index contributed by atoms with van der Waals surface area (Å²) >= 11 is 0. The molecule has 0 radical (unpaired) electrons. The highest BCUT2D eigenvalue weighted by Gasteiger charge is 2.25. The standard InChI is InChI=1S/C23H32FN3O5S/c1-16(2)22(18-8-9-19(24)20(14-18)32-15-17-6-7-17)26-33(30,31)13-5-3-4-11-27-12-10-21(28)25-23(27)29/h3-4,8-9,14,16-17,22,26H,5-7,10-13,15H2,1-2H3,(H,25,28,29)/b4-3+/t22-/m1/s1. The Morgan fingerprint density at radius 3 is 2.70 bits per heavy atom. The minimum absolute atomic E-state index is 0.0580. The summed E-state index contributed by atoms with van der Waals surface area (Å²) in [5, 5.41) is 2.24. The summed E-state index contributed by atoms with van der Waals surface area (Å²) in [5.74, 6) is -0.300. The van der Waals surface area contributed by atoms with Crippen LogP contribution in [0.4, 0.5) is 9.18 Å². The number of amides is 3. The van der Waals surface area contributed by atoms with Gasteiger partial charge in [0.2, 0.25) is 15.9 Å². The van der Waals surface area contributed by atoms with Gasteiger partial charge in [-0.1, -0.05) is 32.1 Å². The van der Waals surface area contributed by atoms with Crippen LogP contribution in [0.1, 0.15) is 51.1 Å². The molecule has 2 N–H and O–H groups in total. The molecule has 3 amide bonds. The van der Waals surface area contributed by atoms with Crippen molar-refractivity contribution >= 4 is 22.0 Å². The van der Waals surface area contributed by atoms with Crippen LogP contribution in [0.15, 0.2) is 30.4 Å². The van der Waals surface area contributed by atoms with E-state index in [-0.39, 0.29) is 36.2 Å². The van der Waals surface area contributed by atoms with Crippen LogP contribution in [0, 0.1) is 17.7 Å². The van der Waals surface area contributed by atoms with Crippen LogP contribution in [0.2, 0.25) is 0 Å². The lowest BCUT2D eigenvalue weighted by Crippen LogP contribution is -2.49. The Bertz CT molecular complexity index is 992. The van der Waals surface area contributed by atoms with E-state index in [0.717, 1.165) is 12.8 Å². The number of imide groups is 1. The molecule has 3 rings (SSSR count). The van der Waals surface area contributed by atoms with Gasteiger partial charge in [0.25, 0.3) is 0 Å². The zero-order chi connectivity index (χ0) is 24.0. The number of hydrogen-bond donors (Lipinski definition) is 2. The highest BCUT2D eigenvalue weighted by atomic mass is 32.2. The quantitative estimate of drug-likeness (QED) is 0.447. The number of sulfonamides is 1. The molecule has 2 aliphatic rings. The lowest BCUT2D eigenvalue weighted by atomic mass is 9.97. The van der Waals surface area contributed by atoms with E-state index in [0.29, 0.717) is 31.2 Å². The number of carbonyl (C=O) groups excluding carboxylic acids is 2. The number of ether oxygens (including phenoxy) is 1. The fourth-order valence-corrected chi connectivity index (χ4v) is 4.83. The summed E-state index contributed by atoms with van der Waals surface area (Å²) in [7, 11) is -3.61. The molecule has 1 heterocycles. The molecule has 1 aromatic carbocycles. The van der Waals surface area contributed by atoms with Gasteiger partial charge in [0, 0.05) is 25.6 Å². The first-order valence-electron chi connectivity index (χ1n) is 11.3. The number of benzene rings is 1. The van der Waals surface area contributed by atoms with E-state index in [1.165, 1.54) is 11.0 Å². The molecular formula is C23H32FN3O5S. The third kappa shape index (κ3) is 7.82. The smallest absolute Gasteiger partial charge is 0.324 e. The van der Waals surface area contributed by atoms with Crippen LogP contribution in [-0.4, -0.2) is 50.7 Å². The number of halogens is 1. The molecule has 10 heteroatoms. The molecule has 0 unspecified atom stereocenters. The summed E-state index contributed by atoms with van der Waals surface area (Å²) in [6.07, 6.45) is 6.13. The van der Waals surface area contributed by atoms with Crippen molar-refractivity contribution in [1.29, 1.82) is 0 Å². The molecule has 33 heavy (non-hydrogen) atoms. The molecule has 1 aromatic rings. The van der Waals surface area contributed by atoms with Gasteiger partial charge in [0.1, 0.15) is 0 Å². The summed E-state index contributed by atoms with van der Waals surface area (Å²) < 4.78 is 47.9. The van der Waals surface area contributed by atoms with Crippen molar-refractivity contribution in [3.05, 3.63) is 41.7 Å². The van der Waals surface area contributed by atoms with E-state index in [4.69, 9.17) is 4.74 Å². The monoisotopic (exact) mass is 481 g/mol. The number of rotatable bonds is 12.